The number of benzene rings is 1. The van der Waals surface area contributed by atoms with Crippen LogP contribution in [0.3, 0.4) is 0 Å². The molecule has 2 heteroatoms. The maximum Gasteiger partial charge on any atom is 0.219 e. The van der Waals surface area contributed by atoms with Gasteiger partial charge in [-0.15, -0.1) is 0 Å². The summed E-state index contributed by atoms with van der Waals surface area (Å²) in [5, 5.41) is 0. The fourth-order valence-corrected chi connectivity index (χ4v) is 5.39. The Hall–Kier alpha value is -1.41. The SMILES string of the molecule is COc1ccc(-c2c3c([s+]c4c2CCCC4)CCCC3)cc1. The number of fused-ring (bicyclic) bond motifs is 2. The van der Waals surface area contributed by atoms with E-state index in [1.165, 1.54) is 56.9 Å². The third-order valence-corrected chi connectivity index (χ3v) is 6.46. The van der Waals surface area contributed by atoms with E-state index in [2.05, 4.69) is 35.6 Å². The number of ether oxygens (including phenoxy) is 1. The number of hydrogen-bond donors (Lipinski definition) is 0. The Morgan fingerprint density at radius 3 is 1.86 bits per heavy atom. The van der Waals surface area contributed by atoms with Gasteiger partial charge in [-0.3, -0.25) is 0 Å². The van der Waals surface area contributed by atoms with Crippen LogP contribution >= 0.6 is 11.3 Å². The number of hydrogen-bond acceptors (Lipinski definition) is 1. The van der Waals surface area contributed by atoms with Crippen molar-refractivity contribution in [3.63, 3.8) is 0 Å². The van der Waals surface area contributed by atoms with Crippen molar-refractivity contribution in [3.05, 3.63) is 45.1 Å². The van der Waals surface area contributed by atoms with E-state index in [0.29, 0.717) is 0 Å². The van der Waals surface area contributed by atoms with E-state index >= 15 is 0 Å². The molecule has 1 aromatic heterocycles. The molecule has 22 heavy (non-hydrogen) atoms. The van der Waals surface area contributed by atoms with E-state index in [9.17, 15) is 0 Å². The van der Waals surface area contributed by atoms with Gasteiger partial charge in [-0.25, -0.2) is 0 Å². The number of rotatable bonds is 2. The Morgan fingerprint density at radius 2 is 1.32 bits per heavy atom. The predicted octanol–water partition coefficient (Wildman–Crippen LogP) is 5.46. The second-order valence-electron chi connectivity index (χ2n) is 6.42. The van der Waals surface area contributed by atoms with Gasteiger partial charge in [-0.05, 0) is 61.8 Å². The molecule has 2 aliphatic carbocycles. The van der Waals surface area contributed by atoms with Crippen LogP contribution < -0.4 is 4.74 Å². The van der Waals surface area contributed by atoms with Crippen LogP contribution in [0.25, 0.3) is 11.1 Å². The first kappa shape index (κ1) is 14.2. The molecular formula is C20H23OS+. The molecule has 1 nitrogen and oxygen atoms in total. The van der Waals surface area contributed by atoms with E-state index in [4.69, 9.17) is 4.74 Å². The summed E-state index contributed by atoms with van der Waals surface area (Å²) in [5.74, 6) is 0.949. The Morgan fingerprint density at radius 1 is 0.773 bits per heavy atom. The Balaban J connectivity index is 1.91. The molecular weight excluding hydrogens is 288 g/mol. The van der Waals surface area contributed by atoms with Crippen LogP contribution in [0.4, 0.5) is 0 Å². The highest BCUT2D eigenvalue weighted by Gasteiger charge is 2.31. The molecule has 0 saturated heterocycles. The molecule has 0 aliphatic heterocycles. The summed E-state index contributed by atoms with van der Waals surface area (Å²) in [4.78, 5) is 3.33. The molecule has 114 valence electrons. The lowest BCUT2D eigenvalue weighted by Crippen LogP contribution is -2.11. The first-order valence-electron chi connectivity index (χ1n) is 8.51. The highest BCUT2D eigenvalue weighted by atomic mass is 32.1. The highest BCUT2D eigenvalue weighted by molar-refractivity contribution is 7.12. The summed E-state index contributed by atoms with van der Waals surface area (Å²) in [6.45, 7) is 0. The number of aryl methyl sites for hydroxylation is 2. The average molecular weight is 311 g/mol. The van der Waals surface area contributed by atoms with Gasteiger partial charge in [0, 0.05) is 24.0 Å². The molecule has 1 heterocycles. The molecule has 2 aromatic rings. The van der Waals surface area contributed by atoms with E-state index in [1.807, 2.05) is 0 Å². The minimum Gasteiger partial charge on any atom is -0.497 e. The summed E-state index contributed by atoms with van der Waals surface area (Å²) in [7, 11) is 1.74. The van der Waals surface area contributed by atoms with Gasteiger partial charge in [-0.1, -0.05) is 12.1 Å². The van der Waals surface area contributed by atoms with Crippen LogP contribution in [-0.2, 0) is 25.7 Å². The first-order chi connectivity index (χ1) is 10.9. The molecule has 4 rings (SSSR count). The fraction of sp³-hybridized carbons (Fsp3) is 0.450. The first-order valence-corrected chi connectivity index (χ1v) is 9.32. The van der Waals surface area contributed by atoms with Gasteiger partial charge in [-0.2, -0.15) is 0 Å². The molecule has 0 fully saturated rings. The highest BCUT2D eigenvalue weighted by Crippen LogP contribution is 2.42. The summed E-state index contributed by atoms with van der Waals surface area (Å²) >= 11 is 2.12. The van der Waals surface area contributed by atoms with Gasteiger partial charge in [0.15, 0.2) is 0 Å². The minimum atomic E-state index is 0.949. The predicted molar refractivity (Wildman–Crippen MR) is 94.0 cm³/mol. The Bertz CT molecular complexity index is 654. The fourth-order valence-electron chi connectivity index (χ4n) is 3.95. The van der Waals surface area contributed by atoms with Crippen molar-refractivity contribution in [2.45, 2.75) is 51.4 Å². The minimum absolute atomic E-state index is 0.949. The molecule has 0 saturated carbocycles. The third kappa shape index (κ3) is 2.44. The van der Waals surface area contributed by atoms with Crippen molar-refractivity contribution in [1.29, 1.82) is 0 Å². The van der Waals surface area contributed by atoms with Gasteiger partial charge < -0.3 is 4.74 Å². The van der Waals surface area contributed by atoms with Crippen LogP contribution in [0.5, 0.6) is 5.75 Å². The summed E-state index contributed by atoms with van der Waals surface area (Å²) < 4.78 is 5.33. The maximum absolute atomic E-state index is 5.33. The summed E-state index contributed by atoms with van der Waals surface area (Å²) in [6.07, 6.45) is 10.5. The largest absolute Gasteiger partial charge is 0.497 e. The van der Waals surface area contributed by atoms with Crippen LogP contribution in [0.2, 0.25) is 0 Å². The standard InChI is InChI=1S/C20H23OS/c1-21-15-12-10-14(11-13-15)20-16-6-2-4-8-18(16)22-19-9-5-3-7-17(19)20/h10-13H,2-9H2,1H3/q+1. The van der Waals surface area contributed by atoms with Gasteiger partial charge >= 0.3 is 0 Å². The molecule has 0 bridgehead atoms. The second kappa shape index (κ2) is 6.00. The second-order valence-corrected chi connectivity index (χ2v) is 7.61. The Kier molecular flexibility index (Phi) is 3.87. The zero-order valence-corrected chi connectivity index (χ0v) is 14.1. The van der Waals surface area contributed by atoms with Crippen LogP contribution in [0.15, 0.2) is 24.3 Å². The van der Waals surface area contributed by atoms with E-state index in [0.717, 1.165) is 5.75 Å². The van der Waals surface area contributed by atoms with Crippen molar-refractivity contribution in [1.82, 2.24) is 0 Å². The van der Waals surface area contributed by atoms with E-state index in [1.54, 1.807) is 33.6 Å². The van der Waals surface area contributed by atoms with Crippen LogP contribution in [-0.4, -0.2) is 7.11 Å². The maximum atomic E-state index is 5.33. The molecule has 2 aliphatic rings. The van der Waals surface area contributed by atoms with Gasteiger partial charge in [0.2, 0.25) is 21.1 Å². The summed E-state index contributed by atoms with van der Waals surface area (Å²) in [5.41, 5.74) is 6.28. The van der Waals surface area contributed by atoms with Crippen molar-refractivity contribution < 1.29 is 4.74 Å². The monoisotopic (exact) mass is 311 g/mol. The van der Waals surface area contributed by atoms with Gasteiger partial charge in [0.1, 0.15) is 5.75 Å². The van der Waals surface area contributed by atoms with Crippen molar-refractivity contribution in [2.75, 3.05) is 7.11 Å². The lowest BCUT2D eigenvalue weighted by Gasteiger charge is -2.21. The topological polar surface area (TPSA) is 9.23 Å². The number of methoxy groups -OCH3 is 1. The van der Waals surface area contributed by atoms with Gasteiger partial charge in [0.25, 0.3) is 0 Å². The van der Waals surface area contributed by atoms with Crippen molar-refractivity contribution in [2.24, 2.45) is 0 Å². The van der Waals surface area contributed by atoms with E-state index < -0.39 is 0 Å². The molecule has 0 spiro atoms. The molecule has 0 N–H and O–H groups in total. The van der Waals surface area contributed by atoms with Crippen molar-refractivity contribution in [3.8, 4) is 16.9 Å². The van der Waals surface area contributed by atoms with Gasteiger partial charge in [0.05, 0.1) is 7.11 Å². The van der Waals surface area contributed by atoms with Crippen molar-refractivity contribution >= 4 is 11.3 Å². The van der Waals surface area contributed by atoms with E-state index in [-0.39, 0.29) is 0 Å². The third-order valence-electron chi connectivity index (χ3n) is 5.06. The molecule has 0 unspecified atom stereocenters. The molecule has 0 amide bonds. The smallest absolute Gasteiger partial charge is 0.219 e. The van der Waals surface area contributed by atoms with Crippen LogP contribution in [0.1, 0.15) is 46.6 Å². The molecule has 0 atom stereocenters. The zero-order valence-electron chi connectivity index (χ0n) is 13.3. The molecule has 1 aromatic carbocycles. The quantitative estimate of drug-likeness (QED) is 0.669. The van der Waals surface area contributed by atoms with Crippen LogP contribution in [0, 0.1) is 0 Å². The average Bonchev–Trinajstić information content (AvgIpc) is 2.60. The lowest BCUT2D eigenvalue weighted by atomic mass is 9.85. The Labute approximate surface area is 137 Å². The zero-order chi connectivity index (χ0) is 14.9. The lowest BCUT2D eigenvalue weighted by molar-refractivity contribution is 0.415. The normalized spacial score (nSPS) is 16.8. The molecule has 0 radical (unpaired) electrons. The summed E-state index contributed by atoms with van der Waals surface area (Å²) in [6, 6.07) is 8.72.